The molecule has 4 heteroatoms. The summed E-state index contributed by atoms with van der Waals surface area (Å²) in [7, 11) is 0. The quantitative estimate of drug-likeness (QED) is 0.238. The number of hydrogen-bond acceptors (Lipinski definition) is 4. The molecule has 4 nitrogen and oxygen atoms in total. The van der Waals surface area contributed by atoms with Gasteiger partial charge in [0.15, 0.2) is 11.5 Å². The summed E-state index contributed by atoms with van der Waals surface area (Å²) in [5.41, 5.74) is 0.422. The first-order valence-corrected chi connectivity index (χ1v) is 10.3. The molecule has 0 fully saturated rings. The van der Waals surface area contributed by atoms with Gasteiger partial charge in [0.05, 0.1) is 0 Å². The SMILES string of the molecule is CCCC(=O)Oc1ccccc1OC(=O)CCCCCCCCC(C)(C)C. The molecule has 1 aromatic rings. The van der Waals surface area contributed by atoms with Crippen molar-refractivity contribution in [3.63, 3.8) is 0 Å². The Bertz CT molecular complexity index is 572. The predicted octanol–water partition coefficient (Wildman–Crippen LogP) is 6.46. The molecular formula is C23H36O4. The Morgan fingerprint density at radius 2 is 1.26 bits per heavy atom. The van der Waals surface area contributed by atoms with Crippen molar-refractivity contribution in [1.29, 1.82) is 0 Å². The Morgan fingerprint density at radius 1 is 0.778 bits per heavy atom. The van der Waals surface area contributed by atoms with E-state index >= 15 is 0 Å². The minimum absolute atomic E-state index is 0.276. The van der Waals surface area contributed by atoms with Gasteiger partial charge in [0.2, 0.25) is 0 Å². The lowest BCUT2D eigenvalue weighted by atomic mass is 9.89. The molecular weight excluding hydrogens is 340 g/mol. The van der Waals surface area contributed by atoms with Crippen molar-refractivity contribution in [3.05, 3.63) is 24.3 Å². The molecule has 0 atom stereocenters. The molecule has 0 saturated heterocycles. The van der Waals surface area contributed by atoms with E-state index in [9.17, 15) is 9.59 Å². The molecule has 0 aliphatic carbocycles. The second kappa shape index (κ2) is 12.5. The lowest BCUT2D eigenvalue weighted by molar-refractivity contribution is -0.137. The molecule has 0 aliphatic heterocycles. The Balaban J connectivity index is 2.24. The van der Waals surface area contributed by atoms with E-state index in [-0.39, 0.29) is 11.9 Å². The summed E-state index contributed by atoms with van der Waals surface area (Å²) in [6, 6.07) is 6.82. The zero-order valence-electron chi connectivity index (χ0n) is 17.5. The van der Waals surface area contributed by atoms with Crippen LogP contribution in [0.5, 0.6) is 11.5 Å². The van der Waals surface area contributed by atoms with Gasteiger partial charge < -0.3 is 9.47 Å². The van der Waals surface area contributed by atoms with Gasteiger partial charge in [0, 0.05) is 12.8 Å². The van der Waals surface area contributed by atoms with Gasteiger partial charge >= 0.3 is 11.9 Å². The summed E-state index contributed by atoms with van der Waals surface area (Å²) in [5, 5.41) is 0. The number of esters is 2. The van der Waals surface area contributed by atoms with Crippen molar-refractivity contribution in [3.8, 4) is 11.5 Å². The minimum Gasteiger partial charge on any atom is -0.423 e. The average molecular weight is 377 g/mol. The highest BCUT2D eigenvalue weighted by Crippen LogP contribution is 2.27. The highest BCUT2D eigenvalue weighted by Gasteiger charge is 2.13. The first-order valence-electron chi connectivity index (χ1n) is 10.3. The smallest absolute Gasteiger partial charge is 0.311 e. The second-order valence-corrected chi connectivity index (χ2v) is 8.33. The van der Waals surface area contributed by atoms with Crippen LogP contribution in [0.4, 0.5) is 0 Å². The molecule has 1 aromatic carbocycles. The molecule has 0 unspecified atom stereocenters. The van der Waals surface area contributed by atoms with Crippen LogP contribution in [0.1, 0.15) is 91.9 Å². The molecule has 0 spiro atoms. The number of benzene rings is 1. The first kappa shape index (κ1) is 23.2. The number of unbranched alkanes of at least 4 members (excludes halogenated alkanes) is 5. The largest absolute Gasteiger partial charge is 0.423 e. The van der Waals surface area contributed by atoms with Gasteiger partial charge in [-0.2, -0.15) is 0 Å². The molecule has 0 aliphatic rings. The maximum atomic E-state index is 12.1. The molecule has 0 heterocycles. The number of carbonyl (C=O) groups excluding carboxylic acids is 2. The Morgan fingerprint density at radius 3 is 1.78 bits per heavy atom. The van der Waals surface area contributed by atoms with Gasteiger partial charge in [-0.3, -0.25) is 9.59 Å². The molecule has 27 heavy (non-hydrogen) atoms. The lowest BCUT2D eigenvalue weighted by Crippen LogP contribution is -2.11. The van der Waals surface area contributed by atoms with Crippen LogP contribution in [0.3, 0.4) is 0 Å². The molecule has 0 bridgehead atoms. The van der Waals surface area contributed by atoms with E-state index in [1.807, 2.05) is 6.92 Å². The van der Waals surface area contributed by atoms with E-state index in [4.69, 9.17) is 9.47 Å². The van der Waals surface area contributed by atoms with Crippen LogP contribution < -0.4 is 9.47 Å². The van der Waals surface area contributed by atoms with Crippen LogP contribution in [-0.2, 0) is 9.59 Å². The molecule has 0 N–H and O–H groups in total. The summed E-state index contributed by atoms with van der Waals surface area (Å²) >= 11 is 0. The van der Waals surface area contributed by atoms with Crippen molar-refractivity contribution >= 4 is 11.9 Å². The normalized spacial score (nSPS) is 11.3. The lowest BCUT2D eigenvalue weighted by Gasteiger charge is -2.17. The fourth-order valence-corrected chi connectivity index (χ4v) is 2.80. The summed E-state index contributed by atoms with van der Waals surface area (Å²) < 4.78 is 10.7. The second-order valence-electron chi connectivity index (χ2n) is 8.33. The van der Waals surface area contributed by atoms with Gasteiger partial charge in [-0.05, 0) is 36.8 Å². The Kier molecular flexibility index (Phi) is 10.8. The summed E-state index contributed by atoms with van der Waals surface area (Å²) in [6.07, 6.45) is 9.50. The maximum absolute atomic E-state index is 12.1. The number of carbonyl (C=O) groups is 2. The van der Waals surface area contributed by atoms with Crippen molar-refractivity contribution in [2.45, 2.75) is 91.9 Å². The number of hydrogen-bond donors (Lipinski definition) is 0. The van der Waals surface area contributed by atoms with Crippen molar-refractivity contribution in [1.82, 2.24) is 0 Å². The van der Waals surface area contributed by atoms with Gasteiger partial charge in [0.25, 0.3) is 0 Å². The Labute approximate surface area is 164 Å². The van der Waals surface area contributed by atoms with Crippen molar-refractivity contribution in [2.24, 2.45) is 5.41 Å². The Hall–Kier alpha value is -1.84. The van der Waals surface area contributed by atoms with E-state index in [2.05, 4.69) is 20.8 Å². The van der Waals surface area contributed by atoms with Crippen LogP contribution >= 0.6 is 0 Å². The molecule has 0 saturated carbocycles. The third kappa shape index (κ3) is 11.5. The highest BCUT2D eigenvalue weighted by molar-refractivity contribution is 5.76. The van der Waals surface area contributed by atoms with Crippen LogP contribution in [0.2, 0.25) is 0 Å². The van der Waals surface area contributed by atoms with Gasteiger partial charge in [0.1, 0.15) is 0 Å². The number of para-hydroxylation sites is 2. The van der Waals surface area contributed by atoms with E-state index in [0.717, 1.165) is 25.7 Å². The maximum Gasteiger partial charge on any atom is 0.311 e. The molecule has 0 amide bonds. The van der Waals surface area contributed by atoms with Crippen molar-refractivity contribution < 1.29 is 19.1 Å². The summed E-state index contributed by atoms with van der Waals surface area (Å²) in [6.45, 7) is 8.75. The highest BCUT2D eigenvalue weighted by atomic mass is 16.6. The average Bonchev–Trinajstić information content (AvgIpc) is 2.58. The van der Waals surface area contributed by atoms with E-state index < -0.39 is 0 Å². The third-order valence-corrected chi connectivity index (χ3v) is 4.31. The summed E-state index contributed by atoms with van der Waals surface area (Å²) in [4.78, 5) is 23.7. The van der Waals surface area contributed by atoms with Crippen LogP contribution in [0.25, 0.3) is 0 Å². The van der Waals surface area contributed by atoms with E-state index in [1.54, 1.807) is 24.3 Å². The third-order valence-electron chi connectivity index (χ3n) is 4.31. The van der Waals surface area contributed by atoms with Crippen LogP contribution in [-0.4, -0.2) is 11.9 Å². The molecule has 1 rings (SSSR count). The zero-order chi connectivity index (χ0) is 20.1. The van der Waals surface area contributed by atoms with Crippen LogP contribution in [0.15, 0.2) is 24.3 Å². The molecule has 0 aromatic heterocycles. The summed E-state index contributed by atoms with van der Waals surface area (Å²) in [5.74, 6) is 0.0338. The standard InChI is InChI=1S/C23H36O4/c1-5-14-21(24)26-19-15-11-12-16-20(19)27-22(25)17-10-8-6-7-9-13-18-23(2,3)4/h11-12,15-16H,5-10,13-14,17-18H2,1-4H3. The van der Waals surface area contributed by atoms with E-state index in [1.165, 1.54) is 25.7 Å². The molecule has 152 valence electrons. The number of ether oxygens (including phenoxy) is 2. The van der Waals surface area contributed by atoms with E-state index in [0.29, 0.717) is 29.8 Å². The number of rotatable bonds is 12. The topological polar surface area (TPSA) is 52.6 Å². The fourth-order valence-electron chi connectivity index (χ4n) is 2.80. The molecule has 0 radical (unpaired) electrons. The van der Waals surface area contributed by atoms with Gasteiger partial charge in [-0.15, -0.1) is 0 Å². The fraction of sp³-hybridized carbons (Fsp3) is 0.652. The van der Waals surface area contributed by atoms with Crippen LogP contribution in [0, 0.1) is 5.41 Å². The predicted molar refractivity (Wildman–Crippen MR) is 109 cm³/mol. The first-order chi connectivity index (χ1) is 12.8. The monoisotopic (exact) mass is 376 g/mol. The minimum atomic E-state index is -0.313. The van der Waals surface area contributed by atoms with Gasteiger partial charge in [-0.25, -0.2) is 0 Å². The van der Waals surface area contributed by atoms with Gasteiger partial charge in [-0.1, -0.05) is 71.9 Å². The van der Waals surface area contributed by atoms with Crippen molar-refractivity contribution in [2.75, 3.05) is 0 Å². The zero-order valence-corrected chi connectivity index (χ0v) is 17.5.